The van der Waals surface area contributed by atoms with E-state index in [2.05, 4.69) is 4.98 Å². The van der Waals surface area contributed by atoms with Crippen molar-refractivity contribution in [3.05, 3.63) is 63.4 Å². The Kier molecular flexibility index (Phi) is 6.36. The van der Waals surface area contributed by atoms with Crippen molar-refractivity contribution in [2.24, 2.45) is 0 Å². The number of aromatic nitrogens is 1. The number of ether oxygens (including phenoxy) is 2. The second kappa shape index (κ2) is 8.49. The second-order valence-electron chi connectivity index (χ2n) is 5.54. The van der Waals surface area contributed by atoms with Crippen LogP contribution in [0.1, 0.15) is 37.7 Å². The van der Waals surface area contributed by atoms with Gasteiger partial charge in [-0.1, -0.05) is 23.7 Å². The molecule has 0 saturated carbocycles. The smallest absolute Gasteiger partial charge is 0.339 e. The molecule has 0 unspecified atom stereocenters. The summed E-state index contributed by atoms with van der Waals surface area (Å²) in [7, 11) is 1.27. The minimum absolute atomic E-state index is 0.217. The fourth-order valence-corrected chi connectivity index (χ4v) is 2.67. The Bertz CT molecular complexity index is 882. The largest absolute Gasteiger partial charge is 0.465 e. The first kappa shape index (κ1) is 19.5. The highest BCUT2D eigenvalue weighted by atomic mass is 35.5. The summed E-state index contributed by atoms with van der Waals surface area (Å²) >= 11 is 5.86. The Balaban J connectivity index is 2.00. The number of aromatic amines is 1. The summed E-state index contributed by atoms with van der Waals surface area (Å²) < 4.78 is 9.65. The molecule has 0 fully saturated rings. The zero-order chi connectivity index (χ0) is 19.3. The van der Waals surface area contributed by atoms with E-state index in [4.69, 9.17) is 21.1 Å². The minimum atomic E-state index is -0.660. The normalized spacial score (nSPS) is 10.8. The van der Waals surface area contributed by atoms with E-state index in [0.29, 0.717) is 21.8 Å². The lowest BCUT2D eigenvalue weighted by Gasteiger charge is -2.02. The van der Waals surface area contributed by atoms with Crippen molar-refractivity contribution in [1.29, 1.82) is 0 Å². The van der Waals surface area contributed by atoms with Crippen molar-refractivity contribution in [2.45, 2.75) is 13.8 Å². The van der Waals surface area contributed by atoms with Crippen molar-refractivity contribution in [3.8, 4) is 0 Å². The Morgan fingerprint density at radius 2 is 1.96 bits per heavy atom. The third-order valence-electron chi connectivity index (χ3n) is 3.71. The summed E-state index contributed by atoms with van der Waals surface area (Å²) in [5, 5.41) is 0.551. The number of H-pyrrole nitrogens is 1. The number of rotatable bonds is 6. The Morgan fingerprint density at radius 3 is 2.62 bits per heavy atom. The van der Waals surface area contributed by atoms with Gasteiger partial charge < -0.3 is 14.5 Å². The first-order chi connectivity index (χ1) is 12.3. The molecule has 0 amide bonds. The Hall–Kier alpha value is -2.86. The van der Waals surface area contributed by atoms with Gasteiger partial charge in [-0.05, 0) is 43.2 Å². The van der Waals surface area contributed by atoms with Gasteiger partial charge in [0, 0.05) is 16.8 Å². The Labute approximate surface area is 155 Å². The summed E-state index contributed by atoms with van der Waals surface area (Å²) in [5.41, 5.74) is 2.24. The van der Waals surface area contributed by atoms with Crippen molar-refractivity contribution >= 4 is 35.4 Å². The first-order valence-electron chi connectivity index (χ1n) is 7.74. The van der Waals surface area contributed by atoms with Crippen LogP contribution < -0.4 is 0 Å². The SMILES string of the molecule is COC(=O)c1c(C)[nH]c(C(=O)COC(=O)/C=C/c2cccc(Cl)c2)c1C. The van der Waals surface area contributed by atoms with Gasteiger partial charge in [0.2, 0.25) is 5.78 Å². The van der Waals surface area contributed by atoms with Crippen molar-refractivity contribution in [3.63, 3.8) is 0 Å². The van der Waals surface area contributed by atoms with E-state index in [1.165, 1.54) is 19.3 Å². The zero-order valence-corrected chi connectivity index (χ0v) is 15.3. The lowest BCUT2D eigenvalue weighted by atomic mass is 10.1. The van der Waals surface area contributed by atoms with Gasteiger partial charge in [-0.25, -0.2) is 9.59 Å². The lowest BCUT2D eigenvalue weighted by molar-refractivity contribution is -0.136. The monoisotopic (exact) mass is 375 g/mol. The molecule has 2 rings (SSSR count). The predicted octanol–water partition coefficient (Wildman–Crippen LogP) is 3.51. The molecule has 2 aromatic rings. The molecule has 0 radical (unpaired) electrons. The molecule has 0 spiro atoms. The fraction of sp³-hybridized carbons (Fsp3) is 0.211. The topological polar surface area (TPSA) is 85.5 Å². The van der Waals surface area contributed by atoms with Crippen LogP contribution in [0.5, 0.6) is 0 Å². The van der Waals surface area contributed by atoms with Crippen LogP contribution in [0, 0.1) is 13.8 Å². The summed E-state index contributed by atoms with van der Waals surface area (Å²) in [6, 6.07) is 6.95. The van der Waals surface area contributed by atoms with Crippen LogP contribution in [0.3, 0.4) is 0 Å². The molecule has 1 aromatic carbocycles. The molecule has 0 bridgehead atoms. The third-order valence-corrected chi connectivity index (χ3v) is 3.95. The highest BCUT2D eigenvalue weighted by molar-refractivity contribution is 6.30. The number of carbonyl (C=O) groups is 3. The van der Waals surface area contributed by atoms with Gasteiger partial charge in [0.05, 0.1) is 18.4 Å². The fourth-order valence-electron chi connectivity index (χ4n) is 2.47. The maximum Gasteiger partial charge on any atom is 0.339 e. The van der Waals surface area contributed by atoms with Gasteiger partial charge in [0.15, 0.2) is 6.61 Å². The molecule has 0 aliphatic heterocycles. The highest BCUT2D eigenvalue weighted by Crippen LogP contribution is 2.19. The minimum Gasteiger partial charge on any atom is -0.465 e. The number of ketones is 1. The second-order valence-corrected chi connectivity index (χ2v) is 5.97. The molecule has 7 heteroatoms. The number of halogens is 1. The molecule has 1 N–H and O–H groups in total. The average molecular weight is 376 g/mol. The van der Waals surface area contributed by atoms with Gasteiger partial charge >= 0.3 is 11.9 Å². The van der Waals surface area contributed by atoms with E-state index in [9.17, 15) is 14.4 Å². The molecule has 0 atom stereocenters. The van der Waals surface area contributed by atoms with E-state index in [0.717, 1.165) is 5.56 Å². The molecule has 0 aliphatic rings. The molecular weight excluding hydrogens is 358 g/mol. The van der Waals surface area contributed by atoms with Crippen molar-refractivity contribution in [1.82, 2.24) is 4.98 Å². The van der Waals surface area contributed by atoms with Gasteiger partial charge in [0.1, 0.15) is 0 Å². The summed E-state index contributed by atoms with van der Waals surface area (Å²) in [6.45, 7) is 2.85. The molecule has 1 aromatic heterocycles. The third kappa shape index (κ3) is 4.61. The number of benzene rings is 1. The number of hydrogen-bond donors (Lipinski definition) is 1. The van der Waals surface area contributed by atoms with E-state index in [1.54, 1.807) is 38.1 Å². The predicted molar refractivity (Wildman–Crippen MR) is 97.4 cm³/mol. The number of hydrogen-bond acceptors (Lipinski definition) is 5. The van der Waals surface area contributed by atoms with E-state index >= 15 is 0 Å². The van der Waals surface area contributed by atoms with Crippen LogP contribution in [-0.4, -0.2) is 36.4 Å². The molecule has 26 heavy (non-hydrogen) atoms. The maximum absolute atomic E-state index is 12.3. The molecule has 0 saturated heterocycles. The van der Waals surface area contributed by atoms with Crippen LogP contribution in [0.4, 0.5) is 0 Å². The standard InChI is InChI=1S/C19H18ClNO5/c1-11-17(19(24)25-3)12(2)21-18(11)15(22)10-26-16(23)8-7-13-5-4-6-14(20)9-13/h4-9,21H,10H2,1-3H3/b8-7+. The number of esters is 2. The number of nitrogens with one attached hydrogen (secondary N) is 1. The summed E-state index contributed by atoms with van der Waals surface area (Å²) in [4.78, 5) is 38.6. The molecule has 1 heterocycles. The summed E-state index contributed by atoms with van der Waals surface area (Å²) in [6.07, 6.45) is 2.75. The maximum atomic E-state index is 12.3. The number of aryl methyl sites for hydroxylation is 1. The molecule has 0 aliphatic carbocycles. The van der Waals surface area contributed by atoms with Crippen LogP contribution in [-0.2, 0) is 14.3 Å². The molecule has 136 valence electrons. The molecular formula is C19H18ClNO5. The van der Waals surface area contributed by atoms with Gasteiger partial charge in [-0.2, -0.15) is 0 Å². The number of methoxy groups -OCH3 is 1. The van der Waals surface area contributed by atoms with Gasteiger partial charge in [0.25, 0.3) is 0 Å². The summed E-state index contributed by atoms with van der Waals surface area (Å²) in [5.74, 6) is -1.63. The van der Waals surface area contributed by atoms with Gasteiger partial charge in [-0.3, -0.25) is 4.79 Å². The zero-order valence-electron chi connectivity index (χ0n) is 14.6. The van der Waals surface area contributed by atoms with Crippen LogP contribution in [0.15, 0.2) is 30.3 Å². The van der Waals surface area contributed by atoms with E-state index < -0.39 is 24.3 Å². The number of Topliss-reactive ketones (excluding diaryl/α,β-unsaturated/α-hetero) is 1. The van der Waals surface area contributed by atoms with Crippen LogP contribution in [0.2, 0.25) is 5.02 Å². The van der Waals surface area contributed by atoms with E-state index in [-0.39, 0.29) is 5.69 Å². The quantitative estimate of drug-likeness (QED) is 0.474. The molecule has 6 nitrogen and oxygen atoms in total. The van der Waals surface area contributed by atoms with Crippen molar-refractivity contribution in [2.75, 3.05) is 13.7 Å². The average Bonchev–Trinajstić information content (AvgIpc) is 2.91. The lowest BCUT2D eigenvalue weighted by Crippen LogP contribution is -2.14. The van der Waals surface area contributed by atoms with Crippen molar-refractivity contribution < 1.29 is 23.9 Å². The Morgan fingerprint density at radius 1 is 1.23 bits per heavy atom. The van der Waals surface area contributed by atoms with Crippen LogP contribution >= 0.6 is 11.6 Å². The van der Waals surface area contributed by atoms with Crippen LogP contribution in [0.25, 0.3) is 6.08 Å². The van der Waals surface area contributed by atoms with E-state index in [1.807, 2.05) is 0 Å². The first-order valence-corrected chi connectivity index (χ1v) is 8.12. The number of carbonyl (C=O) groups excluding carboxylic acids is 3. The highest BCUT2D eigenvalue weighted by Gasteiger charge is 2.22. The van der Waals surface area contributed by atoms with Gasteiger partial charge in [-0.15, -0.1) is 0 Å².